The Kier molecular flexibility index (Phi) is 4.17. The number of nitrogens with two attached hydrogens (primary N) is 1. The molecule has 1 heterocycles. The number of rotatable bonds is 6. The third kappa shape index (κ3) is 3.42. The highest BCUT2D eigenvalue weighted by Crippen LogP contribution is 2.31. The van der Waals surface area contributed by atoms with Gasteiger partial charge in [0.1, 0.15) is 10.8 Å². The van der Waals surface area contributed by atoms with Crippen molar-refractivity contribution in [3.05, 3.63) is 23.9 Å². The van der Waals surface area contributed by atoms with Gasteiger partial charge in [-0.3, -0.25) is 0 Å². The minimum atomic E-state index is 0.411. The van der Waals surface area contributed by atoms with Crippen LogP contribution in [0.4, 0.5) is 5.82 Å². The van der Waals surface area contributed by atoms with Crippen LogP contribution in [0.15, 0.2) is 18.3 Å². The fourth-order valence-corrected chi connectivity index (χ4v) is 2.09. The quantitative estimate of drug-likeness (QED) is 0.801. The molecule has 0 bridgehead atoms. The van der Waals surface area contributed by atoms with Crippen molar-refractivity contribution in [3.63, 3.8) is 0 Å². The standard InChI is InChI=1S/C14H21N3S/c1-10(2)7-8-17(12-4-5-12)13-6-3-11(9-16-13)14(15)18/h3,6,9-10,12H,4-5,7-8H2,1-2H3,(H2,15,18). The highest BCUT2D eigenvalue weighted by atomic mass is 32.1. The van der Waals surface area contributed by atoms with E-state index in [9.17, 15) is 0 Å². The second-order valence-corrected chi connectivity index (χ2v) is 5.82. The molecular formula is C14H21N3S. The molecule has 98 valence electrons. The van der Waals surface area contributed by atoms with Crippen molar-refractivity contribution in [1.29, 1.82) is 0 Å². The van der Waals surface area contributed by atoms with E-state index < -0.39 is 0 Å². The molecule has 18 heavy (non-hydrogen) atoms. The molecule has 1 saturated carbocycles. The summed E-state index contributed by atoms with van der Waals surface area (Å²) in [5.41, 5.74) is 6.43. The van der Waals surface area contributed by atoms with Gasteiger partial charge >= 0.3 is 0 Å². The number of nitrogens with zero attached hydrogens (tertiary/aromatic N) is 2. The van der Waals surface area contributed by atoms with E-state index in [4.69, 9.17) is 18.0 Å². The molecule has 1 aromatic heterocycles. The summed E-state index contributed by atoms with van der Waals surface area (Å²) in [6.07, 6.45) is 5.56. The Morgan fingerprint density at radius 2 is 2.22 bits per heavy atom. The predicted octanol–water partition coefficient (Wildman–Crippen LogP) is 2.73. The summed E-state index contributed by atoms with van der Waals surface area (Å²) in [6.45, 7) is 5.60. The summed E-state index contributed by atoms with van der Waals surface area (Å²) in [6, 6.07) is 4.69. The summed E-state index contributed by atoms with van der Waals surface area (Å²) >= 11 is 4.94. The number of anilines is 1. The van der Waals surface area contributed by atoms with Crippen LogP contribution in [-0.4, -0.2) is 22.6 Å². The highest BCUT2D eigenvalue weighted by molar-refractivity contribution is 7.80. The van der Waals surface area contributed by atoms with Crippen LogP contribution in [0.1, 0.15) is 38.7 Å². The average molecular weight is 263 g/mol. The molecule has 1 fully saturated rings. The fraction of sp³-hybridized carbons (Fsp3) is 0.571. The average Bonchev–Trinajstić information content (AvgIpc) is 3.14. The van der Waals surface area contributed by atoms with Gasteiger partial charge in [0.05, 0.1) is 0 Å². The molecular weight excluding hydrogens is 242 g/mol. The summed E-state index contributed by atoms with van der Waals surface area (Å²) in [4.78, 5) is 7.33. The molecule has 0 atom stereocenters. The Morgan fingerprint density at radius 1 is 1.50 bits per heavy atom. The molecule has 3 nitrogen and oxygen atoms in total. The number of hydrogen-bond donors (Lipinski definition) is 1. The zero-order chi connectivity index (χ0) is 13.1. The predicted molar refractivity (Wildman–Crippen MR) is 79.9 cm³/mol. The van der Waals surface area contributed by atoms with Gasteiger partial charge in [-0.15, -0.1) is 0 Å². The van der Waals surface area contributed by atoms with Crippen LogP contribution < -0.4 is 10.6 Å². The summed E-state index contributed by atoms with van der Waals surface area (Å²) in [7, 11) is 0. The zero-order valence-corrected chi connectivity index (χ0v) is 11.9. The smallest absolute Gasteiger partial charge is 0.128 e. The van der Waals surface area contributed by atoms with Crippen LogP contribution in [0, 0.1) is 5.92 Å². The number of thiocarbonyl (C=S) groups is 1. The maximum atomic E-state index is 5.59. The maximum absolute atomic E-state index is 5.59. The van der Waals surface area contributed by atoms with Gasteiger partial charge in [0, 0.05) is 24.3 Å². The van der Waals surface area contributed by atoms with Gasteiger partial charge in [0.25, 0.3) is 0 Å². The van der Waals surface area contributed by atoms with Crippen LogP contribution in [-0.2, 0) is 0 Å². The fourth-order valence-electron chi connectivity index (χ4n) is 1.97. The zero-order valence-electron chi connectivity index (χ0n) is 11.1. The Bertz CT molecular complexity index is 410. The van der Waals surface area contributed by atoms with Crippen molar-refractivity contribution >= 4 is 23.0 Å². The first-order valence-electron chi connectivity index (χ1n) is 6.60. The minimum Gasteiger partial charge on any atom is -0.389 e. The molecule has 0 radical (unpaired) electrons. The van der Waals surface area contributed by atoms with E-state index in [1.165, 1.54) is 19.3 Å². The molecule has 1 aromatic rings. The van der Waals surface area contributed by atoms with Crippen LogP contribution in [0.25, 0.3) is 0 Å². The highest BCUT2D eigenvalue weighted by Gasteiger charge is 2.29. The van der Waals surface area contributed by atoms with Crippen molar-refractivity contribution in [3.8, 4) is 0 Å². The van der Waals surface area contributed by atoms with E-state index in [1.807, 2.05) is 12.1 Å². The van der Waals surface area contributed by atoms with Gasteiger partial charge in [-0.25, -0.2) is 4.98 Å². The first-order chi connectivity index (χ1) is 8.58. The Morgan fingerprint density at radius 3 is 2.67 bits per heavy atom. The third-order valence-corrected chi connectivity index (χ3v) is 3.50. The first-order valence-corrected chi connectivity index (χ1v) is 7.01. The molecule has 0 amide bonds. The lowest BCUT2D eigenvalue weighted by Gasteiger charge is -2.24. The Hall–Kier alpha value is -1.16. The van der Waals surface area contributed by atoms with Crippen LogP contribution in [0.5, 0.6) is 0 Å². The normalized spacial score (nSPS) is 14.8. The van der Waals surface area contributed by atoms with Crippen molar-refractivity contribution < 1.29 is 0 Å². The van der Waals surface area contributed by atoms with E-state index in [2.05, 4.69) is 23.7 Å². The number of pyridine rings is 1. The monoisotopic (exact) mass is 263 g/mol. The number of aromatic nitrogens is 1. The van der Waals surface area contributed by atoms with E-state index in [0.29, 0.717) is 11.0 Å². The Balaban J connectivity index is 2.07. The molecule has 0 spiro atoms. The van der Waals surface area contributed by atoms with Crippen molar-refractivity contribution in [2.24, 2.45) is 11.7 Å². The van der Waals surface area contributed by atoms with Gasteiger partial charge < -0.3 is 10.6 Å². The molecule has 1 aliphatic rings. The topological polar surface area (TPSA) is 42.1 Å². The van der Waals surface area contributed by atoms with Crippen molar-refractivity contribution in [2.45, 2.75) is 39.2 Å². The lowest BCUT2D eigenvalue weighted by Crippen LogP contribution is -2.28. The minimum absolute atomic E-state index is 0.411. The second kappa shape index (κ2) is 5.65. The molecule has 1 aliphatic carbocycles. The Labute approximate surface area is 114 Å². The van der Waals surface area contributed by atoms with E-state index in [0.717, 1.165) is 23.8 Å². The summed E-state index contributed by atoms with van der Waals surface area (Å²) in [5, 5.41) is 0. The van der Waals surface area contributed by atoms with Gasteiger partial charge in [0.15, 0.2) is 0 Å². The maximum Gasteiger partial charge on any atom is 0.128 e. The third-order valence-electron chi connectivity index (χ3n) is 3.26. The summed E-state index contributed by atoms with van der Waals surface area (Å²) in [5.74, 6) is 1.78. The first kappa shape index (κ1) is 13.3. The van der Waals surface area contributed by atoms with Gasteiger partial charge in [-0.05, 0) is 37.3 Å². The SMILES string of the molecule is CC(C)CCN(c1ccc(C(N)=S)cn1)C1CC1. The van der Waals surface area contributed by atoms with Gasteiger partial charge in [-0.1, -0.05) is 26.1 Å². The van der Waals surface area contributed by atoms with E-state index in [-0.39, 0.29) is 0 Å². The molecule has 4 heteroatoms. The molecule has 0 aliphatic heterocycles. The lowest BCUT2D eigenvalue weighted by molar-refractivity contribution is 0.568. The second-order valence-electron chi connectivity index (χ2n) is 5.38. The molecule has 2 rings (SSSR count). The van der Waals surface area contributed by atoms with Gasteiger partial charge in [-0.2, -0.15) is 0 Å². The molecule has 0 unspecified atom stereocenters. The molecule has 2 N–H and O–H groups in total. The molecule has 0 saturated heterocycles. The van der Waals surface area contributed by atoms with Crippen LogP contribution in [0.3, 0.4) is 0 Å². The van der Waals surface area contributed by atoms with Crippen molar-refractivity contribution in [2.75, 3.05) is 11.4 Å². The van der Waals surface area contributed by atoms with E-state index in [1.54, 1.807) is 6.20 Å². The molecule has 0 aromatic carbocycles. The number of hydrogen-bond acceptors (Lipinski definition) is 3. The van der Waals surface area contributed by atoms with E-state index >= 15 is 0 Å². The lowest BCUT2D eigenvalue weighted by atomic mass is 10.1. The van der Waals surface area contributed by atoms with Crippen LogP contribution >= 0.6 is 12.2 Å². The summed E-state index contributed by atoms with van der Waals surface area (Å²) < 4.78 is 0. The van der Waals surface area contributed by atoms with Crippen LogP contribution in [0.2, 0.25) is 0 Å². The van der Waals surface area contributed by atoms with Gasteiger partial charge in [0.2, 0.25) is 0 Å². The van der Waals surface area contributed by atoms with Crippen molar-refractivity contribution in [1.82, 2.24) is 4.98 Å². The largest absolute Gasteiger partial charge is 0.389 e.